The number of hydrogen-bond donors (Lipinski definition) is 1. The number of rotatable bonds is 2. The molecule has 76 valence electrons. The molecule has 0 bridgehead atoms. The van der Waals surface area contributed by atoms with Gasteiger partial charge in [0.15, 0.2) is 0 Å². The Morgan fingerprint density at radius 2 is 2.20 bits per heavy atom. The third-order valence-corrected chi connectivity index (χ3v) is 2.53. The van der Waals surface area contributed by atoms with Crippen molar-refractivity contribution in [1.29, 1.82) is 0 Å². The van der Waals surface area contributed by atoms with E-state index in [1.165, 1.54) is 16.7 Å². The molecule has 2 heteroatoms. The summed E-state index contributed by atoms with van der Waals surface area (Å²) >= 11 is 0. The molecule has 0 fully saturated rings. The van der Waals surface area contributed by atoms with E-state index in [1.807, 2.05) is 19.3 Å². The summed E-state index contributed by atoms with van der Waals surface area (Å²) in [5.74, 6) is 0. The van der Waals surface area contributed by atoms with Gasteiger partial charge in [-0.1, -0.05) is 30.4 Å². The maximum absolute atomic E-state index is 3.95. The lowest BCUT2D eigenvalue weighted by atomic mass is 9.98. The minimum Gasteiger partial charge on any atom is -0.285 e. The molecule has 0 radical (unpaired) electrons. The monoisotopic (exact) mass is 198 g/mol. The number of benzene rings is 1. The Balaban J connectivity index is 2.48. The number of H-pyrrole nitrogens is 1. The van der Waals surface area contributed by atoms with Crippen LogP contribution in [0, 0.1) is 6.92 Å². The van der Waals surface area contributed by atoms with Crippen LogP contribution < -0.4 is 0 Å². The highest BCUT2D eigenvalue weighted by atomic mass is 15.1. The molecule has 0 aliphatic rings. The number of hydrogen-bond acceptors (Lipinski definition) is 1. The molecule has 2 aromatic rings. The van der Waals surface area contributed by atoms with Gasteiger partial charge in [-0.15, -0.1) is 0 Å². The quantitative estimate of drug-likeness (QED) is 0.787. The van der Waals surface area contributed by atoms with Crippen molar-refractivity contribution in [3.63, 3.8) is 0 Å². The first kappa shape index (κ1) is 9.71. The van der Waals surface area contributed by atoms with Gasteiger partial charge in [-0.25, -0.2) is 0 Å². The van der Waals surface area contributed by atoms with Crippen LogP contribution in [0.4, 0.5) is 0 Å². The molecule has 0 amide bonds. The van der Waals surface area contributed by atoms with Gasteiger partial charge in [0.25, 0.3) is 0 Å². The number of aryl methyl sites for hydroxylation is 1. The fourth-order valence-corrected chi connectivity index (χ4v) is 1.65. The van der Waals surface area contributed by atoms with E-state index >= 15 is 0 Å². The molecule has 0 aliphatic carbocycles. The van der Waals surface area contributed by atoms with Crippen molar-refractivity contribution >= 4 is 5.57 Å². The molecule has 0 aliphatic heterocycles. The summed E-state index contributed by atoms with van der Waals surface area (Å²) in [5.41, 5.74) is 5.88. The van der Waals surface area contributed by atoms with Crippen molar-refractivity contribution < 1.29 is 0 Å². The molecule has 0 atom stereocenters. The second kappa shape index (κ2) is 3.73. The Kier molecular flexibility index (Phi) is 2.42. The van der Waals surface area contributed by atoms with Crippen molar-refractivity contribution in [1.82, 2.24) is 10.2 Å². The number of aromatic amines is 1. The predicted octanol–water partition coefficient (Wildman–Crippen LogP) is 3.42. The van der Waals surface area contributed by atoms with Crippen molar-refractivity contribution in [2.45, 2.75) is 13.8 Å². The predicted molar refractivity (Wildman–Crippen MR) is 63.5 cm³/mol. The molecule has 15 heavy (non-hydrogen) atoms. The molecule has 1 aromatic heterocycles. The summed E-state index contributed by atoms with van der Waals surface area (Å²) in [6.45, 7) is 8.07. The number of nitrogens with one attached hydrogen (secondary N) is 1. The van der Waals surface area contributed by atoms with Gasteiger partial charge >= 0.3 is 0 Å². The van der Waals surface area contributed by atoms with Gasteiger partial charge in [-0.2, -0.15) is 5.10 Å². The van der Waals surface area contributed by atoms with E-state index in [4.69, 9.17) is 0 Å². The fourth-order valence-electron chi connectivity index (χ4n) is 1.65. The lowest BCUT2D eigenvalue weighted by Crippen LogP contribution is -1.85. The van der Waals surface area contributed by atoms with E-state index in [0.29, 0.717) is 0 Å². The molecule has 1 aromatic carbocycles. The molecular weight excluding hydrogens is 184 g/mol. The van der Waals surface area contributed by atoms with Gasteiger partial charge in [-0.3, -0.25) is 5.10 Å². The van der Waals surface area contributed by atoms with Gasteiger partial charge < -0.3 is 0 Å². The topological polar surface area (TPSA) is 28.7 Å². The molecule has 0 saturated heterocycles. The van der Waals surface area contributed by atoms with Crippen LogP contribution in [0.1, 0.15) is 18.1 Å². The van der Waals surface area contributed by atoms with E-state index in [9.17, 15) is 0 Å². The second-order valence-electron chi connectivity index (χ2n) is 3.80. The largest absolute Gasteiger partial charge is 0.285 e. The van der Waals surface area contributed by atoms with Gasteiger partial charge in [0, 0.05) is 11.8 Å². The normalized spacial score (nSPS) is 10.3. The highest BCUT2D eigenvalue weighted by Gasteiger charge is 2.03. The summed E-state index contributed by atoms with van der Waals surface area (Å²) in [6.07, 6.45) is 3.74. The fraction of sp³-hybridized carbons (Fsp3) is 0.154. The van der Waals surface area contributed by atoms with Crippen LogP contribution in [-0.4, -0.2) is 10.2 Å². The first-order valence-electron chi connectivity index (χ1n) is 4.94. The number of nitrogens with zero attached hydrogens (tertiary/aromatic N) is 1. The summed E-state index contributed by atoms with van der Waals surface area (Å²) in [6, 6.07) is 6.37. The van der Waals surface area contributed by atoms with Crippen molar-refractivity contribution in [3.8, 4) is 11.1 Å². The van der Waals surface area contributed by atoms with Crippen LogP contribution in [0.25, 0.3) is 16.7 Å². The van der Waals surface area contributed by atoms with E-state index in [1.54, 1.807) is 0 Å². The average molecular weight is 198 g/mol. The zero-order valence-electron chi connectivity index (χ0n) is 9.04. The van der Waals surface area contributed by atoms with Crippen LogP contribution in [0.15, 0.2) is 37.2 Å². The first-order valence-corrected chi connectivity index (χ1v) is 4.94. The van der Waals surface area contributed by atoms with E-state index in [0.717, 1.165) is 11.1 Å². The van der Waals surface area contributed by atoms with E-state index in [-0.39, 0.29) is 0 Å². The molecule has 0 spiro atoms. The Morgan fingerprint density at radius 3 is 2.73 bits per heavy atom. The maximum atomic E-state index is 3.95. The lowest BCUT2D eigenvalue weighted by Gasteiger charge is -2.06. The Bertz CT molecular complexity index is 481. The third kappa shape index (κ3) is 1.84. The van der Waals surface area contributed by atoms with Crippen LogP contribution in [0.5, 0.6) is 0 Å². The summed E-state index contributed by atoms with van der Waals surface area (Å²) < 4.78 is 0. The minimum atomic E-state index is 1.09. The minimum absolute atomic E-state index is 1.09. The molecule has 2 rings (SSSR count). The summed E-state index contributed by atoms with van der Waals surface area (Å²) in [4.78, 5) is 0. The van der Waals surface area contributed by atoms with Gasteiger partial charge in [-0.05, 0) is 30.5 Å². The zero-order valence-corrected chi connectivity index (χ0v) is 9.04. The van der Waals surface area contributed by atoms with E-state index in [2.05, 4.69) is 41.9 Å². The zero-order chi connectivity index (χ0) is 10.8. The van der Waals surface area contributed by atoms with Gasteiger partial charge in [0.2, 0.25) is 0 Å². The highest BCUT2D eigenvalue weighted by Crippen LogP contribution is 2.25. The Morgan fingerprint density at radius 1 is 1.40 bits per heavy atom. The van der Waals surface area contributed by atoms with Gasteiger partial charge in [0.05, 0.1) is 6.20 Å². The number of allylic oxidation sites excluding steroid dienone is 1. The third-order valence-electron chi connectivity index (χ3n) is 2.53. The van der Waals surface area contributed by atoms with Crippen LogP contribution in [0.2, 0.25) is 0 Å². The molecule has 2 nitrogen and oxygen atoms in total. The SMILES string of the molecule is C=C(C)c1ccc(-c2cn[nH]c2)c(C)c1. The van der Waals surface area contributed by atoms with E-state index < -0.39 is 0 Å². The summed E-state index contributed by atoms with van der Waals surface area (Å²) in [7, 11) is 0. The van der Waals surface area contributed by atoms with Crippen LogP contribution in [0.3, 0.4) is 0 Å². The Labute approximate surface area is 89.7 Å². The standard InChI is InChI=1S/C13H14N2/c1-9(2)11-4-5-13(10(3)6-11)12-7-14-15-8-12/h4-8H,1H2,2-3H3,(H,14,15). The second-order valence-corrected chi connectivity index (χ2v) is 3.80. The van der Waals surface area contributed by atoms with Crippen molar-refractivity contribution in [2.24, 2.45) is 0 Å². The highest BCUT2D eigenvalue weighted by molar-refractivity contribution is 5.71. The van der Waals surface area contributed by atoms with Gasteiger partial charge in [0.1, 0.15) is 0 Å². The molecule has 0 unspecified atom stereocenters. The first-order chi connectivity index (χ1) is 7.18. The van der Waals surface area contributed by atoms with Crippen molar-refractivity contribution in [3.05, 3.63) is 48.3 Å². The average Bonchev–Trinajstić information content (AvgIpc) is 2.70. The maximum Gasteiger partial charge on any atom is 0.0565 e. The van der Waals surface area contributed by atoms with Crippen LogP contribution >= 0.6 is 0 Å². The molecule has 1 heterocycles. The molecule has 1 N–H and O–H groups in total. The number of aromatic nitrogens is 2. The van der Waals surface area contributed by atoms with Crippen LogP contribution in [-0.2, 0) is 0 Å². The molecular formula is C13H14N2. The van der Waals surface area contributed by atoms with Crippen molar-refractivity contribution in [2.75, 3.05) is 0 Å². The summed E-state index contributed by atoms with van der Waals surface area (Å²) in [5, 5.41) is 6.78. The lowest BCUT2D eigenvalue weighted by molar-refractivity contribution is 1.09. The molecule has 0 saturated carbocycles. The Hall–Kier alpha value is -1.83. The smallest absolute Gasteiger partial charge is 0.0565 e.